The minimum Gasteiger partial charge on any atom is -0.466 e. The second kappa shape index (κ2) is 8.90. The minimum atomic E-state index is -1.02. The van der Waals surface area contributed by atoms with Crippen LogP contribution in [0.25, 0.3) is 0 Å². The molecule has 0 aromatic carbocycles. The molecule has 0 aromatic heterocycles. The molecule has 1 amide bonds. The average molecular weight is 384 g/mol. The molecule has 1 aliphatic rings. The van der Waals surface area contributed by atoms with Crippen molar-refractivity contribution in [1.82, 2.24) is 10.6 Å². The van der Waals surface area contributed by atoms with Gasteiger partial charge in [-0.2, -0.15) is 0 Å². The zero-order valence-electron chi connectivity index (χ0n) is 16.8. The van der Waals surface area contributed by atoms with Crippen LogP contribution in [0.5, 0.6) is 0 Å². The second-order valence-electron chi connectivity index (χ2n) is 7.10. The number of aliphatic hydroxyl groups is 1. The van der Waals surface area contributed by atoms with Crippen molar-refractivity contribution in [2.75, 3.05) is 20.8 Å². The van der Waals surface area contributed by atoms with Crippen LogP contribution in [-0.2, 0) is 23.8 Å². The number of allylic oxidation sites excluding steroid dienone is 2. The van der Waals surface area contributed by atoms with Crippen molar-refractivity contribution in [1.29, 1.82) is 0 Å². The van der Waals surface area contributed by atoms with E-state index < -0.39 is 42.2 Å². The summed E-state index contributed by atoms with van der Waals surface area (Å²) < 4.78 is 14.9. The third-order valence-electron chi connectivity index (χ3n) is 3.92. The predicted molar refractivity (Wildman–Crippen MR) is 96.3 cm³/mol. The Hall–Kier alpha value is -2.55. The molecule has 0 fully saturated rings. The van der Waals surface area contributed by atoms with Crippen LogP contribution in [0.1, 0.15) is 34.6 Å². The largest absolute Gasteiger partial charge is 0.466 e. The molecular weight excluding hydrogens is 356 g/mol. The highest BCUT2D eigenvalue weighted by Gasteiger charge is 2.42. The molecule has 0 bridgehead atoms. The smallest absolute Gasteiger partial charge is 0.407 e. The molecule has 0 unspecified atom stereocenters. The maximum atomic E-state index is 12.4. The molecule has 1 atom stereocenters. The molecular formula is C18H28N2O7. The lowest BCUT2D eigenvalue weighted by molar-refractivity contribution is -0.138. The lowest BCUT2D eigenvalue weighted by atomic mass is 9.80. The van der Waals surface area contributed by atoms with Crippen molar-refractivity contribution >= 4 is 18.0 Å². The molecule has 9 nitrogen and oxygen atoms in total. The number of amides is 1. The molecule has 27 heavy (non-hydrogen) atoms. The fourth-order valence-corrected chi connectivity index (χ4v) is 2.90. The number of nitrogens with one attached hydrogen (secondary N) is 2. The van der Waals surface area contributed by atoms with Crippen LogP contribution >= 0.6 is 0 Å². The number of rotatable bonds is 5. The molecule has 0 saturated carbocycles. The number of dihydropyridines is 1. The van der Waals surface area contributed by atoms with Crippen LogP contribution in [0, 0.1) is 5.92 Å². The third kappa shape index (κ3) is 5.46. The van der Waals surface area contributed by atoms with Gasteiger partial charge in [-0.25, -0.2) is 14.4 Å². The topological polar surface area (TPSA) is 123 Å². The summed E-state index contributed by atoms with van der Waals surface area (Å²) in [7, 11) is 2.41. The first-order valence-corrected chi connectivity index (χ1v) is 8.42. The molecule has 1 aliphatic heterocycles. The van der Waals surface area contributed by atoms with Gasteiger partial charge in [0.15, 0.2) is 0 Å². The number of esters is 2. The minimum absolute atomic E-state index is 0.110. The molecule has 9 heteroatoms. The summed E-state index contributed by atoms with van der Waals surface area (Å²) in [6.07, 6.45) is -0.788. The Balaban J connectivity index is 3.40. The van der Waals surface area contributed by atoms with Gasteiger partial charge >= 0.3 is 18.0 Å². The highest BCUT2D eigenvalue weighted by Crippen LogP contribution is 2.34. The van der Waals surface area contributed by atoms with Crippen LogP contribution in [0.2, 0.25) is 0 Å². The molecule has 0 aromatic rings. The molecule has 152 valence electrons. The summed E-state index contributed by atoms with van der Waals surface area (Å²) in [5.74, 6) is -2.37. The van der Waals surface area contributed by atoms with Gasteiger partial charge < -0.3 is 30.0 Å². The lowest BCUT2D eigenvalue weighted by Gasteiger charge is -2.34. The Morgan fingerprint density at radius 2 is 1.52 bits per heavy atom. The first-order chi connectivity index (χ1) is 12.5. The fourth-order valence-electron chi connectivity index (χ4n) is 2.90. The fraction of sp³-hybridized carbons (Fsp3) is 0.611. The van der Waals surface area contributed by atoms with E-state index in [0.29, 0.717) is 11.4 Å². The van der Waals surface area contributed by atoms with Gasteiger partial charge in [0.05, 0.1) is 38.0 Å². The van der Waals surface area contributed by atoms with Gasteiger partial charge in [0.2, 0.25) is 0 Å². The van der Waals surface area contributed by atoms with Gasteiger partial charge in [0.25, 0.3) is 0 Å². The Kier molecular flexibility index (Phi) is 7.41. The standard InChI is InChI=1S/C18H28N2O7/c1-9-12(15(22)25-6)14(13(10(2)19-9)16(23)26-7)11(8-21)20-17(24)27-18(3,4)5/h11,14,19,21H,8H2,1-7H3,(H,20,24)/t11-/m1/s1. The van der Waals surface area contributed by atoms with Crippen molar-refractivity contribution in [3.05, 3.63) is 22.5 Å². The van der Waals surface area contributed by atoms with Crippen molar-refractivity contribution in [2.24, 2.45) is 5.92 Å². The summed E-state index contributed by atoms with van der Waals surface area (Å²) in [5, 5.41) is 15.4. The normalized spacial score (nSPS) is 16.4. The van der Waals surface area contributed by atoms with E-state index in [1.807, 2.05) is 0 Å². The van der Waals surface area contributed by atoms with E-state index >= 15 is 0 Å². The van der Waals surface area contributed by atoms with Gasteiger partial charge in [-0.3, -0.25) is 0 Å². The summed E-state index contributed by atoms with van der Waals surface area (Å²) >= 11 is 0. The molecule has 0 aliphatic carbocycles. The number of alkyl carbamates (subject to hydrolysis) is 1. The van der Waals surface area contributed by atoms with Crippen molar-refractivity contribution in [2.45, 2.75) is 46.3 Å². The van der Waals surface area contributed by atoms with Crippen molar-refractivity contribution in [3.8, 4) is 0 Å². The van der Waals surface area contributed by atoms with E-state index in [1.54, 1.807) is 34.6 Å². The maximum Gasteiger partial charge on any atom is 0.407 e. The van der Waals surface area contributed by atoms with E-state index in [1.165, 1.54) is 14.2 Å². The average Bonchev–Trinajstić information content (AvgIpc) is 2.56. The van der Waals surface area contributed by atoms with Gasteiger partial charge in [-0.1, -0.05) is 0 Å². The van der Waals surface area contributed by atoms with Gasteiger partial charge in [-0.05, 0) is 34.6 Å². The van der Waals surface area contributed by atoms with E-state index in [0.717, 1.165) is 0 Å². The SMILES string of the molecule is COC(=O)C1=C(C)NC(C)=C(C(=O)OC)C1[C@@H](CO)NC(=O)OC(C)(C)C. The van der Waals surface area contributed by atoms with Crippen LogP contribution in [0.15, 0.2) is 22.5 Å². The number of carbonyl (C=O) groups excluding carboxylic acids is 3. The van der Waals surface area contributed by atoms with E-state index in [4.69, 9.17) is 14.2 Å². The third-order valence-corrected chi connectivity index (χ3v) is 3.92. The maximum absolute atomic E-state index is 12.4. The number of carbonyl (C=O) groups is 3. The van der Waals surface area contributed by atoms with Crippen molar-refractivity contribution < 1.29 is 33.7 Å². The molecule has 0 spiro atoms. The Labute approximate surface area is 158 Å². The van der Waals surface area contributed by atoms with Crippen molar-refractivity contribution in [3.63, 3.8) is 0 Å². The van der Waals surface area contributed by atoms with E-state index in [2.05, 4.69) is 10.6 Å². The van der Waals surface area contributed by atoms with Crippen LogP contribution in [0.3, 0.4) is 0 Å². The number of ether oxygens (including phenoxy) is 3. The first-order valence-electron chi connectivity index (χ1n) is 8.42. The summed E-state index contributed by atoms with van der Waals surface area (Å²) in [6, 6.07) is -1.02. The number of hydrogen-bond donors (Lipinski definition) is 3. The molecule has 0 radical (unpaired) electrons. The predicted octanol–water partition coefficient (Wildman–Crippen LogP) is 0.985. The second-order valence-corrected chi connectivity index (χ2v) is 7.10. The number of aliphatic hydroxyl groups excluding tert-OH is 1. The van der Waals surface area contributed by atoms with Crippen LogP contribution in [0.4, 0.5) is 4.79 Å². The molecule has 3 N–H and O–H groups in total. The van der Waals surface area contributed by atoms with E-state index in [-0.39, 0.29) is 11.1 Å². The lowest BCUT2D eigenvalue weighted by Crippen LogP contribution is -2.50. The number of methoxy groups -OCH3 is 2. The Morgan fingerprint density at radius 1 is 1.07 bits per heavy atom. The summed E-state index contributed by atoms with van der Waals surface area (Å²) in [4.78, 5) is 36.9. The zero-order chi connectivity index (χ0) is 20.9. The number of hydrogen-bond acceptors (Lipinski definition) is 8. The van der Waals surface area contributed by atoms with Gasteiger partial charge in [0.1, 0.15) is 5.60 Å². The molecule has 0 saturated heterocycles. The van der Waals surface area contributed by atoms with Gasteiger partial charge in [-0.15, -0.1) is 0 Å². The Bertz CT molecular complexity index is 636. The monoisotopic (exact) mass is 384 g/mol. The summed E-state index contributed by atoms with van der Waals surface area (Å²) in [5.41, 5.74) is 0.353. The zero-order valence-corrected chi connectivity index (χ0v) is 16.8. The highest BCUT2D eigenvalue weighted by molar-refractivity contribution is 5.98. The van der Waals surface area contributed by atoms with Crippen LogP contribution in [-0.4, -0.2) is 55.6 Å². The Morgan fingerprint density at radius 3 is 1.85 bits per heavy atom. The summed E-state index contributed by atoms with van der Waals surface area (Å²) in [6.45, 7) is 7.81. The molecule has 1 heterocycles. The molecule has 1 rings (SSSR count). The first kappa shape index (κ1) is 22.5. The van der Waals surface area contributed by atoms with E-state index in [9.17, 15) is 19.5 Å². The van der Waals surface area contributed by atoms with Gasteiger partial charge in [0, 0.05) is 17.3 Å². The van der Waals surface area contributed by atoms with Crippen LogP contribution < -0.4 is 10.6 Å². The quantitative estimate of drug-likeness (QED) is 0.474. The highest BCUT2D eigenvalue weighted by atomic mass is 16.6.